The van der Waals surface area contributed by atoms with E-state index in [1.54, 1.807) is 19.3 Å². The molecule has 0 saturated heterocycles. The molecule has 0 aliphatic rings. The molecule has 0 bridgehead atoms. The van der Waals surface area contributed by atoms with Crippen LogP contribution in [0.25, 0.3) is 6.08 Å². The number of allylic oxidation sites excluding steroid dienone is 1. The van der Waals surface area contributed by atoms with Gasteiger partial charge in [0.15, 0.2) is 17.3 Å². The van der Waals surface area contributed by atoms with Crippen LogP contribution in [0, 0.1) is 5.92 Å². The molecule has 0 amide bonds. The average molecular weight is 418 g/mol. The highest BCUT2D eigenvalue weighted by molar-refractivity contribution is 7.89. The highest BCUT2D eigenvalue weighted by Gasteiger charge is 2.17. The molecule has 29 heavy (non-hydrogen) atoms. The Bertz CT molecular complexity index is 977. The standard InChI is InChI=1S/C22H27NO5S/c1-16(2)15-28-22-14-17(7-13-21(22)27-5)6-12-20(24)18-8-10-19(11-9-18)29(25,26)23(3)4/h6-14,16H,15H2,1-5H3/b12-6+. The summed E-state index contributed by atoms with van der Waals surface area (Å²) in [5.41, 5.74) is 1.20. The van der Waals surface area contributed by atoms with Crippen molar-refractivity contribution >= 4 is 21.9 Å². The van der Waals surface area contributed by atoms with E-state index < -0.39 is 10.0 Å². The summed E-state index contributed by atoms with van der Waals surface area (Å²) in [5, 5.41) is 0. The molecule has 0 atom stereocenters. The maximum atomic E-state index is 12.4. The summed E-state index contributed by atoms with van der Waals surface area (Å²) < 4.78 is 36.4. The van der Waals surface area contributed by atoms with Crippen LogP contribution in [-0.2, 0) is 10.0 Å². The average Bonchev–Trinajstić information content (AvgIpc) is 2.70. The maximum absolute atomic E-state index is 12.4. The Hall–Kier alpha value is -2.64. The summed E-state index contributed by atoms with van der Waals surface area (Å²) in [6.45, 7) is 4.68. The first kappa shape index (κ1) is 22.6. The Morgan fingerprint density at radius 3 is 2.28 bits per heavy atom. The van der Waals surface area contributed by atoms with Crippen LogP contribution in [0.5, 0.6) is 11.5 Å². The molecular formula is C22H27NO5S. The number of rotatable bonds is 9. The monoisotopic (exact) mass is 417 g/mol. The van der Waals surface area contributed by atoms with Gasteiger partial charge in [0.05, 0.1) is 18.6 Å². The lowest BCUT2D eigenvalue weighted by Crippen LogP contribution is -2.22. The number of nitrogens with zero attached hydrogens (tertiary/aromatic N) is 1. The van der Waals surface area contributed by atoms with Gasteiger partial charge in [-0.3, -0.25) is 4.79 Å². The van der Waals surface area contributed by atoms with E-state index in [2.05, 4.69) is 13.8 Å². The number of ketones is 1. The van der Waals surface area contributed by atoms with Gasteiger partial charge in [-0.1, -0.05) is 26.0 Å². The summed E-state index contributed by atoms with van der Waals surface area (Å²) in [6, 6.07) is 11.3. The highest BCUT2D eigenvalue weighted by atomic mass is 32.2. The first-order valence-electron chi connectivity index (χ1n) is 9.21. The molecule has 7 heteroatoms. The summed E-state index contributed by atoms with van der Waals surface area (Å²) in [4.78, 5) is 12.6. The Kier molecular flexibility index (Phi) is 7.59. The third kappa shape index (κ3) is 5.92. The molecule has 6 nitrogen and oxygen atoms in total. The number of carbonyl (C=O) groups excluding carboxylic acids is 1. The molecule has 156 valence electrons. The SMILES string of the molecule is COc1ccc(/C=C/C(=O)c2ccc(S(=O)(=O)N(C)C)cc2)cc1OCC(C)C. The van der Waals surface area contributed by atoms with Gasteiger partial charge in [-0.15, -0.1) is 0 Å². The normalized spacial score (nSPS) is 12.0. The van der Waals surface area contributed by atoms with E-state index in [4.69, 9.17) is 9.47 Å². The molecule has 2 aromatic rings. The number of ether oxygens (including phenoxy) is 2. The quantitative estimate of drug-likeness (QED) is 0.457. The molecule has 0 aliphatic heterocycles. The number of hydrogen-bond acceptors (Lipinski definition) is 5. The first-order chi connectivity index (χ1) is 13.6. The summed E-state index contributed by atoms with van der Waals surface area (Å²) in [7, 11) is 0.987. The lowest BCUT2D eigenvalue weighted by atomic mass is 10.1. The zero-order chi connectivity index (χ0) is 21.6. The molecule has 0 aliphatic carbocycles. The Morgan fingerprint density at radius 1 is 1.07 bits per heavy atom. The smallest absolute Gasteiger partial charge is 0.242 e. The third-order valence-electron chi connectivity index (χ3n) is 4.10. The summed E-state index contributed by atoms with van der Waals surface area (Å²) in [5.74, 6) is 1.40. The second kappa shape index (κ2) is 9.71. The topological polar surface area (TPSA) is 72.9 Å². The zero-order valence-corrected chi connectivity index (χ0v) is 18.2. The Morgan fingerprint density at radius 2 is 1.72 bits per heavy atom. The third-order valence-corrected chi connectivity index (χ3v) is 5.93. The predicted molar refractivity (Wildman–Crippen MR) is 114 cm³/mol. The van der Waals surface area contributed by atoms with E-state index in [-0.39, 0.29) is 10.7 Å². The zero-order valence-electron chi connectivity index (χ0n) is 17.4. The lowest BCUT2D eigenvalue weighted by Gasteiger charge is -2.13. The molecule has 0 spiro atoms. The first-order valence-corrected chi connectivity index (χ1v) is 10.6. The van der Waals surface area contributed by atoms with Gasteiger partial charge in [-0.2, -0.15) is 0 Å². The van der Waals surface area contributed by atoms with E-state index in [0.29, 0.717) is 29.6 Å². The van der Waals surface area contributed by atoms with Crippen molar-refractivity contribution in [3.63, 3.8) is 0 Å². The minimum absolute atomic E-state index is 0.144. The molecule has 0 heterocycles. The largest absolute Gasteiger partial charge is 0.493 e. The van der Waals surface area contributed by atoms with Crippen molar-refractivity contribution in [2.45, 2.75) is 18.7 Å². The molecule has 0 unspecified atom stereocenters. The van der Waals surface area contributed by atoms with E-state index in [1.807, 2.05) is 12.1 Å². The van der Waals surface area contributed by atoms with Crippen molar-refractivity contribution in [3.8, 4) is 11.5 Å². The van der Waals surface area contributed by atoms with Gasteiger partial charge in [0.2, 0.25) is 10.0 Å². The van der Waals surface area contributed by atoms with Crippen molar-refractivity contribution < 1.29 is 22.7 Å². The van der Waals surface area contributed by atoms with Gasteiger partial charge in [-0.25, -0.2) is 12.7 Å². The molecule has 0 radical (unpaired) electrons. The summed E-state index contributed by atoms with van der Waals surface area (Å²) in [6.07, 6.45) is 3.14. The van der Waals surface area contributed by atoms with Crippen LogP contribution in [0.1, 0.15) is 29.8 Å². The van der Waals surface area contributed by atoms with Crippen molar-refractivity contribution in [3.05, 3.63) is 59.7 Å². The van der Waals surface area contributed by atoms with Crippen LogP contribution in [0.4, 0.5) is 0 Å². The van der Waals surface area contributed by atoms with Crippen LogP contribution >= 0.6 is 0 Å². The number of sulfonamides is 1. The highest BCUT2D eigenvalue weighted by Crippen LogP contribution is 2.29. The molecule has 0 saturated carbocycles. The Labute approximate surface area is 172 Å². The van der Waals surface area contributed by atoms with Crippen LogP contribution in [0.15, 0.2) is 53.4 Å². The van der Waals surface area contributed by atoms with E-state index in [1.165, 1.54) is 44.4 Å². The van der Waals surface area contributed by atoms with Crippen molar-refractivity contribution in [1.82, 2.24) is 4.31 Å². The minimum atomic E-state index is -3.52. The lowest BCUT2D eigenvalue weighted by molar-refractivity contribution is 0.104. The van der Waals surface area contributed by atoms with Gasteiger partial charge in [0.25, 0.3) is 0 Å². The number of methoxy groups -OCH3 is 1. The fourth-order valence-electron chi connectivity index (χ4n) is 2.44. The fourth-order valence-corrected chi connectivity index (χ4v) is 3.34. The second-order valence-corrected chi connectivity index (χ2v) is 9.28. The van der Waals surface area contributed by atoms with Gasteiger partial charge in [0.1, 0.15) is 0 Å². The number of carbonyl (C=O) groups is 1. The molecule has 2 rings (SSSR count). The number of hydrogen-bond donors (Lipinski definition) is 0. The molecular weight excluding hydrogens is 390 g/mol. The molecule has 0 aromatic heterocycles. The Balaban J connectivity index is 2.17. The van der Waals surface area contributed by atoms with Crippen LogP contribution in [-0.4, -0.2) is 46.3 Å². The van der Waals surface area contributed by atoms with E-state index in [9.17, 15) is 13.2 Å². The predicted octanol–water partition coefficient (Wildman–Crippen LogP) is 3.88. The van der Waals surface area contributed by atoms with E-state index in [0.717, 1.165) is 9.87 Å². The summed E-state index contributed by atoms with van der Waals surface area (Å²) >= 11 is 0. The van der Waals surface area contributed by atoms with Gasteiger partial charge >= 0.3 is 0 Å². The van der Waals surface area contributed by atoms with Crippen LogP contribution < -0.4 is 9.47 Å². The molecule has 0 N–H and O–H groups in total. The fraction of sp³-hybridized carbons (Fsp3) is 0.318. The van der Waals surface area contributed by atoms with Gasteiger partial charge < -0.3 is 9.47 Å². The molecule has 2 aromatic carbocycles. The van der Waals surface area contributed by atoms with E-state index >= 15 is 0 Å². The molecule has 0 fully saturated rings. The van der Waals surface area contributed by atoms with Gasteiger partial charge in [-0.05, 0) is 54.0 Å². The maximum Gasteiger partial charge on any atom is 0.242 e. The van der Waals surface area contributed by atoms with Crippen LogP contribution in [0.3, 0.4) is 0 Å². The number of benzene rings is 2. The second-order valence-electron chi connectivity index (χ2n) is 7.12. The van der Waals surface area contributed by atoms with Gasteiger partial charge in [0, 0.05) is 19.7 Å². The van der Waals surface area contributed by atoms with Crippen LogP contribution in [0.2, 0.25) is 0 Å². The van der Waals surface area contributed by atoms with Crippen molar-refractivity contribution in [1.29, 1.82) is 0 Å². The van der Waals surface area contributed by atoms with Crippen molar-refractivity contribution in [2.75, 3.05) is 27.8 Å². The minimum Gasteiger partial charge on any atom is -0.493 e. The van der Waals surface area contributed by atoms with Crippen molar-refractivity contribution in [2.24, 2.45) is 5.92 Å².